The third kappa shape index (κ3) is 3.98. The van der Waals surface area contributed by atoms with Crippen LogP contribution in [-0.4, -0.2) is 23.8 Å². The molecule has 5 nitrogen and oxygen atoms in total. The molecule has 18 heavy (non-hydrogen) atoms. The first kappa shape index (κ1) is 13.8. The number of esters is 1. The summed E-state index contributed by atoms with van der Waals surface area (Å²) in [6, 6.07) is 5.48. The number of pyridine rings is 1. The van der Waals surface area contributed by atoms with Gasteiger partial charge in [0.1, 0.15) is 0 Å². The number of nitrogens with zero attached hydrogens (tertiary/aromatic N) is 3. The van der Waals surface area contributed by atoms with Gasteiger partial charge in [0.05, 0.1) is 12.7 Å². The molecule has 1 rings (SSSR count). The van der Waals surface area contributed by atoms with Crippen LogP contribution in [0.2, 0.25) is 0 Å². The molecule has 1 aromatic rings. The van der Waals surface area contributed by atoms with E-state index in [-0.39, 0.29) is 6.61 Å². The lowest BCUT2D eigenvalue weighted by Crippen LogP contribution is -2.17. The normalized spacial score (nSPS) is 12.1. The average molecular weight is 245 g/mol. The number of nitriles is 1. The predicted octanol–water partition coefficient (Wildman–Crippen LogP) is 2.05. The Morgan fingerprint density at radius 2 is 2.39 bits per heavy atom. The Kier molecular flexibility index (Phi) is 5.52. The van der Waals surface area contributed by atoms with Gasteiger partial charge in [-0.3, -0.25) is 4.79 Å². The van der Waals surface area contributed by atoms with Gasteiger partial charge < -0.3 is 4.74 Å². The van der Waals surface area contributed by atoms with Crippen LogP contribution in [0.4, 0.5) is 5.82 Å². The molecular weight excluding hydrogens is 230 g/mol. The van der Waals surface area contributed by atoms with Gasteiger partial charge in [0.25, 0.3) is 0 Å². The van der Waals surface area contributed by atoms with E-state index in [1.165, 1.54) is 6.21 Å². The first-order valence-corrected chi connectivity index (χ1v) is 5.76. The molecule has 1 aromatic heterocycles. The van der Waals surface area contributed by atoms with Gasteiger partial charge in [0, 0.05) is 12.4 Å². The molecule has 0 saturated heterocycles. The van der Waals surface area contributed by atoms with Crippen molar-refractivity contribution in [3.05, 3.63) is 23.9 Å². The van der Waals surface area contributed by atoms with E-state index in [0.29, 0.717) is 5.82 Å². The Morgan fingerprint density at radius 3 is 2.89 bits per heavy atom. The summed E-state index contributed by atoms with van der Waals surface area (Å²) in [5.41, 5.74) is 1.11. The fourth-order valence-corrected chi connectivity index (χ4v) is 1.23. The van der Waals surface area contributed by atoms with E-state index in [9.17, 15) is 4.79 Å². The summed E-state index contributed by atoms with van der Waals surface area (Å²) >= 11 is 0. The largest absolute Gasteiger partial charge is 0.465 e. The highest BCUT2D eigenvalue weighted by atomic mass is 16.5. The summed E-state index contributed by atoms with van der Waals surface area (Å²) in [6.07, 6.45) is 3.88. The molecule has 5 heteroatoms. The van der Waals surface area contributed by atoms with Gasteiger partial charge in [-0.2, -0.15) is 5.26 Å². The van der Waals surface area contributed by atoms with Crippen LogP contribution < -0.4 is 0 Å². The highest BCUT2D eigenvalue weighted by Gasteiger charge is 2.16. The fraction of sp³-hybridized carbons (Fsp3) is 0.385. The summed E-state index contributed by atoms with van der Waals surface area (Å²) in [7, 11) is 0. The molecule has 0 bridgehead atoms. The molecule has 0 aliphatic rings. The summed E-state index contributed by atoms with van der Waals surface area (Å²) in [4.78, 5) is 19.4. The zero-order valence-corrected chi connectivity index (χ0v) is 10.5. The van der Waals surface area contributed by atoms with Crippen molar-refractivity contribution in [3.63, 3.8) is 0 Å². The SMILES string of the molecule is CCOC(=O)C(C#N)C=Nc1ccc(CC)cn1. The Hall–Kier alpha value is -2.22. The van der Waals surface area contributed by atoms with E-state index < -0.39 is 11.9 Å². The number of aromatic nitrogens is 1. The van der Waals surface area contributed by atoms with Crippen molar-refractivity contribution in [1.82, 2.24) is 4.98 Å². The number of hydrogen-bond donors (Lipinski definition) is 0. The molecule has 0 fully saturated rings. The van der Waals surface area contributed by atoms with Crippen LogP contribution in [0.15, 0.2) is 23.3 Å². The van der Waals surface area contributed by atoms with Crippen molar-refractivity contribution in [2.75, 3.05) is 6.61 Å². The fourth-order valence-electron chi connectivity index (χ4n) is 1.23. The third-order valence-electron chi connectivity index (χ3n) is 2.25. The maximum Gasteiger partial charge on any atom is 0.328 e. The minimum atomic E-state index is -0.988. The number of ether oxygens (including phenoxy) is 1. The molecule has 0 radical (unpaired) electrons. The molecular formula is C13H15N3O2. The van der Waals surface area contributed by atoms with Crippen LogP contribution in [0, 0.1) is 17.2 Å². The highest BCUT2D eigenvalue weighted by molar-refractivity contribution is 5.93. The second kappa shape index (κ2) is 7.17. The van der Waals surface area contributed by atoms with Crippen molar-refractivity contribution >= 4 is 18.0 Å². The molecule has 0 aliphatic heterocycles. The number of hydrogen-bond acceptors (Lipinski definition) is 5. The summed E-state index contributed by atoms with van der Waals surface area (Å²) in [6.45, 7) is 3.97. The highest BCUT2D eigenvalue weighted by Crippen LogP contribution is 2.09. The monoisotopic (exact) mass is 245 g/mol. The lowest BCUT2D eigenvalue weighted by atomic mass is 10.2. The third-order valence-corrected chi connectivity index (χ3v) is 2.25. The molecule has 0 saturated carbocycles. The molecule has 0 N–H and O–H groups in total. The Bertz CT molecular complexity index is 460. The smallest absolute Gasteiger partial charge is 0.328 e. The summed E-state index contributed by atoms with van der Waals surface area (Å²) in [5, 5.41) is 8.82. The predicted molar refractivity (Wildman–Crippen MR) is 67.5 cm³/mol. The van der Waals surface area contributed by atoms with Crippen molar-refractivity contribution < 1.29 is 9.53 Å². The average Bonchev–Trinajstić information content (AvgIpc) is 2.40. The summed E-state index contributed by atoms with van der Waals surface area (Å²) in [5.74, 6) is -1.11. The first-order chi connectivity index (χ1) is 8.71. The van der Waals surface area contributed by atoms with Crippen LogP contribution in [-0.2, 0) is 16.0 Å². The second-order valence-electron chi connectivity index (χ2n) is 3.52. The number of aryl methyl sites for hydroxylation is 1. The Morgan fingerprint density at radius 1 is 1.61 bits per heavy atom. The molecule has 1 heterocycles. The standard InChI is InChI=1S/C13H15N3O2/c1-3-10-5-6-12(15-8-10)16-9-11(7-14)13(17)18-4-2/h5-6,8-9,11H,3-4H2,1-2H3. The van der Waals surface area contributed by atoms with Crippen molar-refractivity contribution in [2.45, 2.75) is 20.3 Å². The number of aliphatic imine (C=N–C) groups is 1. The number of carbonyl (C=O) groups is 1. The molecule has 0 amide bonds. The van der Waals surface area contributed by atoms with E-state index in [1.807, 2.05) is 19.1 Å². The van der Waals surface area contributed by atoms with Gasteiger partial charge >= 0.3 is 5.97 Å². The van der Waals surface area contributed by atoms with Crippen molar-refractivity contribution in [3.8, 4) is 6.07 Å². The van der Waals surface area contributed by atoms with Gasteiger partial charge in [-0.15, -0.1) is 0 Å². The van der Waals surface area contributed by atoms with Crippen LogP contribution in [0.3, 0.4) is 0 Å². The number of rotatable bonds is 5. The van der Waals surface area contributed by atoms with E-state index in [2.05, 4.69) is 9.98 Å². The van der Waals surface area contributed by atoms with Gasteiger partial charge in [-0.05, 0) is 25.0 Å². The van der Waals surface area contributed by atoms with Crippen molar-refractivity contribution in [1.29, 1.82) is 5.26 Å². The first-order valence-electron chi connectivity index (χ1n) is 5.76. The Balaban J connectivity index is 2.71. The quantitative estimate of drug-likeness (QED) is 0.587. The maximum atomic E-state index is 11.3. The molecule has 0 aromatic carbocycles. The van der Waals surface area contributed by atoms with Crippen LogP contribution in [0.25, 0.3) is 0 Å². The molecule has 0 aliphatic carbocycles. The lowest BCUT2D eigenvalue weighted by molar-refractivity contribution is -0.143. The van der Waals surface area contributed by atoms with Crippen LogP contribution in [0.1, 0.15) is 19.4 Å². The minimum Gasteiger partial charge on any atom is -0.465 e. The van der Waals surface area contributed by atoms with Gasteiger partial charge in [-0.25, -0.2) is 9.98 Å². The Labute approximate surface area is 106 Å². The van der Waals surface area contributed by atoms with Gasteiger partial charge in [0.15, 0.2) is 11.7 Å². The molecule has 94 valence electrons. The van der Waals surface area contributed by atoms with Gasteiger partial charge in [0.2, 0.25) is 0 Å². The molecule has 1 unspecified atom stereocenters. The second-order valence-corrected chi connectivity index (χ2v) is 3.52. The lowest BCUT2D eigenvalue weighted by Gasteiger charge is -2.02. The van der Waals surface area contributed by atoms with Crippen molar-refractivity contribution in [2.24, 2.45) is 10.9 Å². The number of carbonyl (C=O) groups excluding carboxylic acids is 1. The molecule has 1 atom stereocenters. The van der Waals surface area contributed by atoms with E-state index >= 15 is 0 Å². The molecule has 0 spiro atoms. The van der Waals surface area contributed by atoms with E-state index in [4.69, 9.17) is 10.00 Å². The minimum absolute atomic E-state index is 0.244. The summed E-state index contributed by atoms with van der Waals surface area (Å²) < 4.78 is 4.75. The zero-order valence-electron chi connectivity index (χ0n) is 10.5. The van der Waals surface area contributed by atoms with Gasteiger partial charge in [-0.1, -0.05) is 13.0 Å². The topological polar surface area (TPSA) is 75.3 Å². The van der Waals surface area contributed by atoms with Crippen LogP contribution >= 0.6 is 0 Å². The van der Waals surface area contributed by atoms with E-state index in [1.54, 1.807) is 19.2 Å². The van der Waals surface area contributed by atoms with E-state index in [0.717, 1.165) is 12.0 Å². The zero-order chi connectivity index (χ0) is 13.4. The maximum absolute atomic E-state index is 11.3. The van der Waals surface area contributed by atoms with Crippen LogP contribution in [0.5, 0.6) is 0 Å².